The number of ether oxygens (including phenoxy) is 1. The average molecular weight is 504 g/mol. The van der Waals surface area contributed by atoms with Crippen LogP contribution in [0.25, 0.3) is 60.0 Å². The Kier molecular flexibility index (Phi) is 4.06. The summed E-state index contributed by atoms with van der Waals surface area (Å²) in [5.41, 5.74) is 6.11. The summed E-state index contributed by atoms with van der Waals surface area (Å²) in [6.45, 7) is 0. The third-order valence-electron chi connectivity index (χ3n) is 6.90. The molecule has 2 aromatic heterocycles. The molecular weight excluding hydrogens is 486 g/mol. The van der Waals surface area contributed by atoms with E-state index in [0.717, 1.165) is 21.0 Å². The van der Waals surface area contributed by atoms with E-state index < -0.39 is 0 Å². The number of fused-ring (bicyclic) bond motifs is 8. The summed E-state index contributed by atoms with van der Waals surface area (Å²) in [7, 11) is 1.41. The number of benzene rings is 5. The standard InChI is InChI=1S/C30H18BrNO2/c1-34-30(33)26-16-19(31)11-14-20(26)17-9-12-21-18(15-17)10-13-25-24-7-4-6-23-22-5-2-3-8-27(22)32(28(21)25)29(23)24/h2-16H,1H3. The largest absolute Gasteiger partial charge is 0.465 e. The molecule has 3 nitrogen and oxygen atoms in total. The summed E-state index contributed by atoms with van der Waals surface area (Å²) in [4.78, 5) is 12.5. The highest BCUT2D eigenvalue weighted by Crippen LogP contribution is 2.42. The van der Waals surface area contributed by atoms with Crippen molar-refractivity contribution in [3.63, 3.8) is 0 Å². The second-order valence-corrected chi connectivity index (χ2v) is 9.55. The van der Waals surface area contributed by atoms with Crippen LogP contribution in [0.3, 0.4) is 0 Å². The van der Waals surface area contributed by atoms with Crippen molar-refractivity contribution in [1.29, 1.82) is 0 Å². The average Bonchev–Trinajstić information content (AvgIpc) is 3.40. The van der Waals surface area contributed by atoms with Crippen molar-refractivity contribution in [1.82, 2.24) is 4.40 Å². The van der Waals surface area contributed by atoms with Gasteiger partial charge in [0.1, 0.15) is 0 Å². The Morgan fingerprint density at radius 3 is 2.29 bits per heavy atom. The van der Waals surface area contributed by atoms with E-state index in [9.17, 15) is 4.79 Å². The van der Waals surface area contributed by atoms with Gasteiger partial charge in [0.25, 0.3) is 0 Å². The minimum absolute atomic E-state index is 0.345. The van der Waals surface area contributed by atoms with E-state index in [1.807, 2.05) is 18.2 Å². The Hall–Kier alpha value is -3.89. The fraction of sp³-hybridized carbons (Fsp3) is 0.0333. The second-order valence-electron chi connectivity index (χ2n) is 8.63. The summed E-state index contributed by atoms with van der Waals surface area (Å²) in [6.07, 6.45) is 0. The molecule has 7 aromatic rings. The molecule has 0 atom stereocenters. The highest BCUT2D eigenvalue weighted by molar-refractivity contribution is 9.10. The van der Waals surface area contributed by atoms with Gasteiger partial charge in [-0.05, 0) is 40.8 Å². The van der Waals surface area contributed by atoms with Gasteiger partial charge in [-0.3, -0.25) is 0 Å². The molecule has 0 aliphatic carbocycles. The molecule has 0 fully saturated rings. The summed E-state index contributed by atoms with van der Waals surface area (Å²) >= 11 is 3.47. The second kappa shape index (κ2) is 7.05. The molecule has 0 spiro atoms. The van der Waals surface area contributed by atoms with Gasteiger partial charge in [-0.1, -0.05) is 82.7 Å². The van der Waals surface area contributed by atoms with E-state index >= 15 is 0 Å². The van der Waals surface area contributed by atoms with Crippen LogP contribution in [0, 0.1) is 0 Å². The van der Waals surface area contributed by atoms with Crippen molar-refractivity contribution in [2.45, 2.75) is 0 Å². The number of aromatic nitrogens is 1. The number of halogens is 1. The predicted octanol–water partition coefficient (Wildman–Crippen LogP) is 8.21. The number of hydrogen-bond donors (Lipinski definition) is 0. The molecule has 2 heterocycles. The molecule has 0 unspecified atom stereocenters. The predicted molar refractivity (Wildman–Crippen MR) is 143 cm³/mol. The Morgan fingerprint density at radius 2 is 1.44 bits per heavy atom. The zero-order chi connectivity index (χ0) is 23.0. The highest BCUT2D eigenvalue weighted by atomic mass is 79.9. The summed E-state index contributed by atoms with van der Waals surface area (Å²) < 4.78 is 8.30. The van der Waals surface area contributed by atoms with Crippen LogP contribution in [-0.2, 0) is 4.74 Å². The molecule has 0 saturated heterocycles. The molecular formula is C30H18BrNO2. The SMILES string of the molecule is COC(=O)c1cc(Br)ccc1-c1ccc2c(ccc3c4cccc5c6ccccc6n(c23)c54)c1. The Bertz CT molecular complexity index is 1930. The first-order chi connectivity index (χ1) is 16.7. The van der Waals surface area contributed by atoms with Gasteiger partial charge >= 0.3 is 5.97 Å². The molecule has 34 heavy (non-hydrogen) atoms. The lowest BCUT2D eigenvalue weighted by Gasteiger charge is -2.11. The summed E-state index contributed by atoms with van der Waals surface area (Å²) in [5, 5.41) is 7.41. The van der Waals surface area contributed by atoms with Crippen molar-refractivity contribution in [3.05, 3.63) is 101 Å². The summed E-state index contributed by atoms with van der Waals surface area (Å²) in [5.74, 6) is -0.345. The molecule has 0 radical (unpaired) electrons. The van der Waals surface area contributed by atoms with E-state index in [0.29, 0.717) is 5.56 Å². The topological polar surface area (TPSA) is 30.7 Å². The lowest BCUT2D eigenvalue weighted by Crippen LogP contribution is -2.03. The highest BCUT2D eigenvalue weighted by Gasteiger charge is 2.19. The van der Waals surface area contributed by atoms with E-state index in [1.54, 1.807) is 0 Å². The van der Waals surface area contributed by atoms with Gasteiger partial charge in [0.05, 0.1) is 29.2 Å². The van der Waals surface area contributed by atoms with Gasteiger partial charge in [0, 0.05) is 31.4 Å². The van der Waals surface area contributed by atoms with E-state index in [4.69, 9.17) is 4.74 Å². The monoisotopic (exact) mass is 503 g/mol. The smallest absolute Gasteiger partial charge is 0.338 e. The number of hydrogen-bond acceptors (Lipinski definition) is 2. The Balaban J connectivity index is 1.57. The van der Waals surface area contributed by atoms with Gasteiger partial charge in [0.2, 0.25) is 0 Å². The van der Waals surface area contributed by atoms with Gasteiger partial charge < -0.3 is 9.14 Å². The van der Waals surface area contributed by atoms with E-state index in [1.165, 1.54) is 50.6 Å². The third-order valence-corrected chi connectivity index (χ3v) is 7.39. The summed E-state index contributed by atoms with van der Waals surface area (Å²) in [6, 6.07) is 31.8. The van der Waals surface area contributed by atoms with Crippen LogP contribution >= 0.6 is 15.9 Å². The van der Waals surface area contributed by atoms with Crippen molar-refractivity contribution >= 4 is 70.8 Å². The number of para-hydroxylation sites is 2. The minimum atomic E-state index is -0.345. The number of esters is 1. The van der Waals surface area contributed by atoms with Crippen LogP contribution in [0.2, 0.25) is 0 Å². The Labute approximate surface area is 203 Å². The fourth-order valence-electron chi connectivity index (χ4n) is 5.45. The van der Waals surface area contributed by atoms with Crippen molar-refractivity contribution in [2.24, 2.45) is 0 Å². The minimum Gasteiger partial charge on any atom is -0.465 e. The molecule has 0 N–H and O–H groups in total. The molecule has 7 rings (SSSR count). The van der Waals surface area contributed by atoms with Gasteiger partial charge in [0.15, 0.2) is 0 Å². The van der Waals surface area contributed by atoms with E-state index in [-0.39, 0.29) is 5.97 Å². The lowest BCUT2D eigenvalue weighted by atomic mass is 9.96. The van der Waals surface area contributed by atoms with Gasteiger partial charge in [-0.2, -0.15) is 0 Å². The van der Waals surface area contributed by atoms with Crippen molar-refractivity contribution < 1.29 is 9.53 Å². The molecule has 0 aliphatic rings. The molecule has 5 aromatic carbocycles. The molecule has 4 heteroatoms. The molecule has 0 amide bonds. The van der Waals surface area contributed by atoms with Crippen LogP contribution in [0.4, 0.5) is 0 Å². The van der Waals surface area contributed by atoms with Crippen LogP contribution in [0.15, 0.2) is 95.5 Å². The number of carbonyl (C=O) groups is 1. The zero-order valence-electron chi connectivity index (χ0n) is 18.3. The number of rotatable bonds is 2. The maximum Gasteiger partial charge on any atom is 0.338 e. The van der Waals surface area contributed by atoms with Crippen LogP contribution in [0.1, 0.15) is 10.4 Å². The first-order valence-electron chi connectivity index (χ1n) is 11.1. The number of nitrogens with zero attached hydrogens (tertiary/aromatic N) is 1. The van der Waals surface area contributed by atoms with Crippen LogP contribution < -0.4 is 0 Å². The first-order valence-corrected chi connectivity index (χ1v) is 11.9. The van der Waals surface area contributed by atoms with Crippen molar-refractivity contribution in [3.8, 4) is 11.1 Å². The maximum atomic E-state index is 12.5. The van der Waals surface area contributed by atoms with Gasteiger partial charge in [-0.15, -0.1) is 0 Å². The number of carbonyl (C=O) groups excluding carboxylic acids is 1. The third kappa shape index (κ3) is 2.54. The molecule has 0 aliphatic heterocycles. The van der Waals surface area contributed by atoms with E-state index in [2.05, 4.69) is 93.1 Å². The van der Waals surface area contributed by atoms with Crippen molar-refractivity contribution in [2.75, 3.05) is 7.11 Å². The van der Waals surface area contributed by atoms with Gasteiger partial charge in [-0.25, -0.2) is 4.79 Å². The first kappa shape index (κ1) is 19.6. The lowest BCUT2D eigenvalue weighted by molar-refractivity contribution is 0.0601. The molecule has 162 valence electrons. The van der Waals surface area contributed by atoms with Crippen LogP contribution in [-0.4, -0.2) is 17.5 Å². The molecule has 0 bridgehead atoms. The fourth-order valence-corrected chi connectivity index (χ4v) is 5.82. The van der Waals surface area contributed by atoms with Crippen LogP contribution in [0.5, 0.6) is 0 Å². The molecule has 0 saturated carbocycles. The quantitative estimate of drug-likeness (QED) is 0.222. The zero-order valence-corrected chi connectivity index (χ0v) is 19.9. The maximum absolute atomic E-state index is 12.5. The number of methoxy groups -OCH3 is 1. The normalized spacial score (nSPS) is 11.9. The Morgan fingerprint density at radius 1 is 0.735 bits per heavy atom.